The third kappa shape index (κ3) is 3.97. The van der Waals surface area contributed by atoms with Crippen molar-refractivity contribution in [2.45, 2.75) is 17.5 Å². The zero-order valence-corrected chi connectivity index (χ0v) is 23.8. The molecule has 4 aromatic carbocycles. The van der Waals surface area contributed by atoms with E-state index in [1.807, 2.05) is 65.7 Å². The predicted molar refractivity (Wildman–Crippen MR) is 166 cm³/mol. The van der Waals surface area contributed by atoms with Gasteiger partial charge in [0.05, 0.1) is 17.5 Å². The first-order valence-corrected chi connectivity index (χ1v) is 14.5. The third-order valence-electron chi connectivity index (χ3n) is 8.76. The highest BCUT2D eigenvalue weighted by molar-refractivity contribution is 6.30. The van der Waals surface area contributed by atoms with Crippen LogP contribution in [0.5, 0.6) is 5.75 Å². The molecule has 3 heterocycles. The number of anilines is 1. The zero-order valence-electron chi connectivity index (χ0n) is 23.1. The fourth-order valence-corrected chi connectivity index (χ4v) is 7.19. The Bertz CT molecular complexity index is 1830. The number of amides is 1. The second-order valence-corrected chi connectivity index (χ2v) is 11.4. The molecule has 0 radical (unpaired) electrons. The Labute approximate surface area is 254 Å². The Morgan fingerprint density at radius 1 is 0.930 bits per heavy atom. The summed E-state index contributed by atoms with van der Waals surface area (Å²) in [6.45, 7) is 3.93. The number of ether oxygens (including phenoxy) is 1. The number of Topliss-reactive ketones (excluding diaryl/α,β-unsaturated/α-hetero) is 2. The SMILES string of the molecule is C=CCOc1ccccc1C(=O)C1C(C(=O)c2ccc(Cl)cc2)N2C=Cc3ccccc3C2C12C(=O)Nc1ccccc12. The number of benzene rings is 4. The highest BCUT2D eigenvalue weighted by atomic mass is 35.5. The number of nitrogens with one attached hydrogen (secondary N) is 1. The quantitative estimate of drug-likeness (QED) is 0.189. The molecular formula is C36H27ClN2O4. The molecule has 212 valence electrons. The maximum Gasteiger partial charge on any atom is 0.238 e. The van der Waals surface area contributed by atoms with E-state index in [2.05, 4.69) is 11.9 Å². The number of carbonyl (C=O) groups is 3. The lowest BCUT2D eigenvalue weighted by Gasteiger charge is -2.38. The van der Waals surface area contributed by atoms with Gasteiger partial charge in [0, 0.05) is 22.5 Å². The summed E-state index contributed by atoms with van der Waals surface area (Å²) in [4.78, 5) is 46.2. The largest absolute Gasteiger partial charge is 0.489 e. The number of rotatable bonds is 7. The van der Waals surface area contributed by atoms with E-state index in [0.29, 0.717) is 33.1 Å². The van der Waals surface area contributed by atoms with E-state index in [-0.39, 0.29) is 24.1 Å². The van der Waals surface area contributed by atoms with Gasteiger partial charge < -0.3 is 15.0 Å². The van der Waals surface area contributed by atoms with Gasteiger partial charge in [-0.2, -0.15) is 0 Å². The monoisotopic (exact) mass is 586 g/mol. The number of hydrogen-bond acceptors (Lipinski definition) is 5. The van der Waals surface area contributed by atoms with Gasteiger partial charge >= 0.3 is 0 Å². The molecule has 7 heteroatoms. The molecule has 43 heavy (non-hydrogen) atoms. The summed E-state index contributed by atoms with van der Waals surface area (Å²) in [5.74, 6) is -1.67. The molecule has 1 N–H and O–H groups in total. The van der Waals surface area contributed by atoms with Crippen molar-refractivity contribution in [2.75, 3.05) is 11.9 Å². The molecule has 0 saturated carbocycles. The Balaban J connectivity index is 1.52. The lowest BCUT2D eigenvalue weighted by atomic mass is 9.62. The van der Waals surface area contributed by atoms with E-state index in [0.717, 1.165) is 11.1 Å². The molecule has 3 aliphatic heterocycles. The highest BCUT2D eigenvalue weighted by Crippen LogP contribution is 2.62. The fourth-order valence-electron chi connectivity index (χ4n) is 7.06. The van der Waals surface area contributed by atoms with Gasteiger partial charge in [-0.1, -0.05) is 78.9 Å². The summed E-state index contributed by atoms with van der Waals surface area (Å²) in [6, 6.07) is 27.2. The van der Waals surface area contributed by atoms with Gasteiger partial charge in [0.25, 0.3) is 0 Å². The molecule has 7 rings (SSSR count). The molecular weight excluding hydrogens is 560 g/mol. The lowest BCUT2D eigenvalue weighted by Crippen LogP contribution is -2.49. The average Bonchev–Trinajstić information content (AvgIpc) is 3.52. The number of ketones is 2. The summed E-state index contributed by atoms with van der Waals surface area (Å²) in [7, 11) is 0. The molecule has 0 aliphatic carbocycles. The Kier molecular flexibility index (Phi) is 6.51. The minimum Gasteiger partial charge on any atom is -0.489 e. The van der Waals surface area contributed by atoms with E-state index in [9.17, 15) is 9.59 Å². The van der Waals surface area contributed by atoms with E-state index >= 15 is 4.79 Å². The van der Waals surface area contributed by atoms with Crippen LogP contribution in [-0.2, 0) is 10.2 Å². The van der Waals surface area contributed by atoms with Crippen molar-refractivity contribution in [3.63, 3.8) is 0 Å². The van der Waals surface area contributed by atoms with Crippen LogP contribution >= 0.6 is 11.6 Å². The first kappa shape index (κ1) is 26.9. The van der Waals surface area contributed by atoms with Crippen LogP contribution in [0.25, 0.3) is 6.08 Å². The molecule has 4 aromatic rings. The summed E-state index contributed by atoms with van der Waals surface area (Å²) in [5.41, 5.74) is 2.41. The number of halogens is 1. The van der Waals surface area contributed by atoms with Crippen LogP contribution in [0.15, 0.2) is 116 Å². The third-order valence-corrected chi connectivity index (χ3v) is 9.01. The maximum atomic E-state index is 15.1. The molecule has 1 saturated heterocycles. The number of nitrogens with zero attached hydrogens (tertiary/aromatic N) is 1. The molecule has 0 aromatic heterocycles. The number of fused-ring (bicyclic) bond motifs is 6. The Morgan fingerprint density at radius 3 is 2.47 bits per heavy atom. The van der Waals surface area contributed by atoms with Gasteiger partial charge in [-0.25, -0.2) is 0 Å². The van der Waals surface area contributed by atoms with Crippen molar-refractivity contribution in [3.8, 4) is 5.75 Å². The maximum absolute atomic E-state index is 15.1. The van der Waals surface area contributed by atoms with Gasteiger partial charge in [0.1, 0.15) is 23.8 Å². The van der Waals surface area contributed by atoms with Gasteiger partial charge in [-0.05, 0) is 65.2 Å². The minimum atomic E-state index is -1.42. The van der Waals surface area contributed by atoms with Crippen LogP contribution in [0.1, 0.15) is 43.4 Å². The molecule has 0 bridgehead atoms. The van der Waals surface area contributed by atoms with Gasteiger partial charge in [0.2, 0.25) is 5.91 Å². The first-order valence-electron chi connectivity index (χ1n) is 14.1. The summed E-state index contributed by atoms with van der Waals surface area (Å²) in [5, 5.41) is 3.57. The van der Waals surface area contributed by atoms with Crippen LogP contribution in [0.4, 0.5) is 5.69 Å². The van der Waals surface area contributed by atoms with Crippen molar-refractivity contribution in [1.82, 2.24) is 4.90 Å². The van der Waals surface area contributed by atoms with Gasteiger partial charge in [-0.15, -0.1) is 0 Å². The molecule has 1 spiro atoms. The van der Waals surface area contributed by atoms with E-state index < -0.39 is 23.4 Å². The van der Waals surface area contributed by atoms with Crippen molar-refractivity contribution in [2.24, 2.45) is 5.92 Å². The Hall–Kier alpha value is -4.94. The molecule has 4 unspecified atom stereocenters. The van der Waals surface area contributed by atoms with Crippen molar-refractivity contribution < 1.29 is 19.1 Å². The topological polar surface area (TPSA) is 75.7 Å². The summed E-state index contributed by atoms with van der Waals surface area (Å²) < 4.78 is 5.92. The van der Waals surface area contributed by atoms with E-state index in [4.69, 9.17) is 16.3 Å². The van der Waals surface area contributed by atoms with Gasteiger partial charge in [0.15, 0.2) is 11.6 Å². The Morgan fingerprint density at radius 2 is 1.65 bits per heavy atom. The van der Waals surface area contributed by atoms with Crippen molar-refractivity contribution >= 4 is 40.8 Å². The molecule has 4 atom stereocenters. The number of para-hydroxylation sites is 2. The average molecular weight is 587 g/mol. The molecule has 1 amide bonds. The van der Waals surface area contributed by atoms with Crippen LogP contribution < -0.4 is 10.1 Å². The highest BCUT2D eigenvalue weighted by Gasteiger charge is 2.70. The normalized spacial score (nSPS) is 22.9. The van der Waals surface area contributed by atoms with Gasteiger partial charge in [-0.3, -0.25) is 14.4 Å². The van der Waals surface area contributed by atoms with Crippen LogP contribution in [-0.4, -0.2) is 35.0 Å². The number of hydrogen-bond donors (Lipinski definition) is 1. The van der Waals surface area contributed by atoms with Crippen LogP contribution in [0.3, 0.4) is 0 Å². The predicted octanol–water partition coefficient (Wildman–Crippen LogP) is 6.89. The van der Waals surface area contributed by atoms with Crippen LogP contribution in [0.2, 0.25) is 5.02 Å². The van der Waals surface area contributed by atoms with E-state index in [1.54, 1.807) is 54.6 Å². The lowest BCUT2D eigenvalue weighted by molar-refractivity contribution is -0.122. The fraction of sp³-hybridized carbons (Fsp3) is 0.139. The molecule has 6 nitrogen and oxygen atoms in total. The second-order valence-electron chi connectivity index (χ2n) is 10.9. The van der Waals surface area contributed by atoms with Crippen molar-refractivity contribution in [1.29, 1.82) is 0 Å². The van der Waals surface area contributed by atoms with Crippen LogP contribution in [0, 0.1) is 5.92 Å². The molecule has 3 aliphatic rings. The van der Waals surface area contributed by atoms with Crippen molar-refractivity contribution in [3.05, 3.63) is 149 Å². The minimum absolute atomic E-state index is 0.196. The number of carbonyl (C=O) groups excluding carboxylic acids is 3. The summed E-state index contributed by atoms with van der Waals surface area (Å²) >= 11 is 6.17. The summed E-state index contributed by atoms with van der Waals surface area (Å²) in [6.07, 6.45) is 5.40. The second kappa shape index (κ2) is 10.4. The smallest absolute Gasteiger partial charge is 0.238 e. The zero-order chi connectivity index (χ0) is 29.7. The first-order chi connectivity index (χ1) is 21.0. The molecule has 1 fully saturated rings. The standard InChI is InChI=1S/C36H27ClN2O4/c1-2-21-43-29-14-8-5-11-26(29)33(41)30-31(32(40)23-15-17-24(37)18-16-23)39-20-19-22-9-3-4-10-25(22)34(39)36(30)27-12-6-7-13-28(27)38-35(36)42/h2-20,30-31,34H,1,21H2,(H,38,42). The van der Waals surface area contributed by atoms with E-state index in [1.165, 1.54) is 0 Å².